The van der Waals surface area contributed by atoms with Gasteiger partial charge in [-0.3, -0.25) is 4.79 Å². The molecule has 0 saturated heterocycles. The van der Waals surface area contributed by atoms with E-state index >= 15 is 0 Å². The van der Waals surface area contributed by atoms with Gasteiger partial charge in [0.15, 0.2) is 0 Å². The van der Waals surface area contributed by atoms with E-state index < -0.39 is 5.92 Å². The molecule has 0 N–H and O–H groups in total. The molecule has 78 valence electrons. The Balaban J connectivity index is 2.99. The van der Waals surface area contributed by atoms with Crippen molar-refractivity contribution in [3.63, 3.8) is 0 Å². The lowest BCUT2D eigenvalue weighted by Crippen LogP contribution is -2.13. The monoisotopic (exact) mass is 222 g/mol. The molecule has 1 aromatic rings. The number of esters is 1. The molecule has 0 saturated carbocycles. The van der Waals surface area contributed by atoms with Crippen LogP contribution in [0.5, 0.6) is 0 Å². The SMILES string of the molecule is C#CCC(C(=O)OC)c1cccc(Cl)c1. The quantitative estimate of drug-likeness (QED) is 0.581. The van der Waals surface area contributed by atoms with Gasteiger partial charge in [-0.05, 0) is 17.7 Å². The number of methoxy groups -OCH3 is 1. The number of hydrogen-bond acceptors (Lipinski definition) is 2. The zero-order valence-corrected chi connectivity index (χ0v) is 9.12. The zero-order valence-electron chi connectivity index (χ0n) is 8.37. The van der Waals surface area contributed by atoms with Crippen molar-refractivity contribution in [2.24, 2.45) is 0 Å². The van der Waals surface area contributed by atoms with Gasteiger partial charge in [-0.25, -0.2) is 0 Å². The number of halogens is 1. The Kier molecular flexibility index (Phi) is 4.20. The minimum atomic E-state index is -0.432. The first-order valence-corrected chi connectivity index (χ1v) is 4.83. The van der Waals surface area contributed by atoms with Gasteiger partial charge in [0.2, 0.25) is 0 Å². The van der Waals surface area contributed by atoms with Gasteiger partial charge in [-0.1, -0.05) is 23.7 Å². The van der Waals surface area contributed by atoms with Gasteiger partial charge in [0.05, 0.1) is 13.0 Å². The number of terminal acetylenes is 1. The summed E-state index contributed by atoms with van der Waals surface area (Å²) in [5.41, 5.74) is 0.785. The molecule has 1 rings (SSSR count). The summed E-state index contributed by atoms with van der Waals surface area (Å²) >= 11 is 5.83. The first-order valence-electron chi connectivity index (χ1n) is 4.45. The maximum absolute atomic E-state index is 11.5. The Morgan fingerprint density at radius 2 is 2.40 bits per heavy atom. The van der Waals surface area contributed by atoms with E-state index in [9.17, 15) is 4.79 Å². The standard InChI is InChI=1S/C12H11ClO2/c1-3-5-11(12(14)15-2)9-6-4-7-10(13)8-9/h1,4,6-8,11H,5H2,2H3. The highest BCUT2D eigenvalue weighted by Gasteiger charge is 2.20. The smallest absolute Gasteiger partial charge is 0.314 e. The molecule has 0 aliphatic carbocycles. The molecule has 0 spiro atoms. The number of ether oxygens (including phenoxy) is 1. The molecule has 0 aliphatic heterocycles. The minimum Gasteiger partial charge on any atom is -0.469 e. The van der Waals surface area contributed by atoms with Crippen molar-refractivity contribution in [3.05, 3.63) is 34.9 Å². The average Bonchev–Trinajstić information content (AvgIpc) is 2.25. The second kappa shape index (κ2) is 5.43. The third-order valence-electron chi connectivity index (χ3n) is 2.06. The second-order valence-corrected chi connectivity index (χ2v) is 3.48. The zero-order chi connectivity index (χ0) is 11.3. The van der Waals surface area contributed by atoms with Crippen LogP contribution in [0.15, 0.2) is 24.3 Å². The molecule has 0 amide bonds. The fraction of sp³-hybridized carbons (Fsp3) is 0.250. The maximum Gasteiger partial charge on any atom is 0.314 e. The average molecular weight is 223 g/mol. The summed E-state index contributed by atoms with van der Waals surface area (Å²) in [5, 5.41) is 0.582. The Morgan fingerprint density at radius 1 is 1.67 bits per heavy atom. The van der Waals surface area contributed by atoms with Crippen molar-refractivity contribution in [2.45, 2.75) is 12.3 Å². The van der Waals surface area contributed by atoms with Crippen molar-refractivity contribution in [1.82, 2.24) is 0 Å². The van der Waals surface area contributed by atoms with Gasteiger partial charge in [-0.2, -0.15) is 0 Å². The molecular formula is C12H11ClO2. The van der Waals surface area contributed by atoms with Crippen LogP contribution in [0.1, 0.15) is 17.9 Å². The molecule has 0 bridgehead atoms. The highest BCUT2D eigenvalue weighted by Crippen LogP contribution is 2.23. The molecule has 1 atom stereocenters. The maximum atomic E-state index is 11.5. The van der Waals surface area contributed by atoms with Crippen LogP contribution in [0.25, 0.3) is 0 Å². The van der Waals surface area contributed by atoms with Crippen molar-refractivity contribution in [1.29, 1.82) is 0 Å². The third-order valence-corrected chi connectivity index (χ3v) is 2.29. The van der Waals surface area contributed by atoms with E-state index in [2.05, 4.69) is 10.7 Å². The summed E-state index contributed by atoms with van der Waals surface area (Å²) in [6.07, 6.45) is 5.52. The Hall–Kier alpha value is -1.46. The number of carbonyl (C=O) groups excluding carboxylic acids is 1. The fourth-order valence-electron chi connectivity index (χ4n) is 1.32. The molecule has 1 aromatic carbocycles. The molecule has 0 fully saturated rings. The summed E-state index contributed by atoms with van der Waals surface area (Å²) in [6, 6.07) is 7.06. The van der Waals surface area contributed by atoms with Crippen LogP contribution in [-0.2, 0) is 9.53 Å². The van der Waals surface area contributed by atoms with Crippen LogP contribution in [0.4, 0.5) is 0 Å². The Bertz CT molecular complexity index is 393. The topological polar surface area (TPSA) is 26.3 Å². The number of hydrogen-bond donors (Lipinski definition) is 0. The van der Waals surface area contributed by atoms with Crippen molar-refractivity contribution in [2.75, 3.05) is 7.11 Å². The minimum absolute atomic E-state index is 0.313. The molecule has 2 nitrogen and oxygen atoms in total. The van der Waals surface area contributed by atoms with Gasteiger partial charge >= 0.3 is 5.97 Å². The fourth-order valence-corrected chi connectivity index (χ4v) is 1.52. The van der Waals surface area contributed by atoms with E-state index in [0.717, 1.165) is 5.56 Å². The van der Waals surface area contributed by atoms with Crippen LogP contribution in [0.2, 0.25) is 5.02 Å². The van der Waals surface area contributed by atoms with Gasteiger partial charge in [0.25, 0.3) is 0 Å². The van der Waals surface area contributed by atoms with E-state index in [1.165, 1.54) is 7.11 Å². The van der Waals surface area contributed by atoms with Gasteiger partial charge in [-0.15, -0.1) is 12.3 Å². The lowest BCUT2D eigenvalue weighted by molar-refractivity contribution is -0.142. The number of benzene rings is 1. The van der Waals surface area contributed by atoms with E-state index in [0.29, 0.717) is 11.4 Å². The second-order valence-electron chi connectivity index (χ2n) is 3.04. The number of carbonyl (C=O) groups is 1. The normalized spacial score (nSPS) is 11.5. The van der Waals surface area contributed by atoms with Crippen molar-refractivity contribution in [3.8, 4) is 12.3 Å². The third kappa shape index (κ3) is 3.00. The van der Waals surface area contributed by atoms with E-state index in [1.54, 1.807) is 18.2 Å². The predicted octanol–water partition coefficient (Wildman–Crippen LogP) is 2.62. The molecule has 0 heterocycles. The lowest BCUT2D eigenvalue weighted by Gasteiger charge is -2.12. The highest BCUT2D eigenvalue weighted by molar-refractivity contribution is 6.30. The summed E-state index contributed by atoms with van der Waals surface area (Å²) in [5.74, 6) is 1.69. The molecule has 1 unspecified atom stereocenters. The van der Waals surface area contributed by atoms with Gasteiger partial charge in [0, 0.05) is 11.4 Å². The van der Waals surface area contributed by atoms with Crippen LogP contribution in [-0.4, -0.2) is 13.1 Å². The molecule has 0 aromatic heterocycles. The van der Waals surface area contributed by atoms with Crippen LogP contribution < -0.4 is 0 Å². The molecular weight excluding hydrogens is 212 g/mol. The predicted molar refractivity (Wildman–Crippen MR) is 59.7 cm³/mol. The van der Waals surface area contributed by atoms with Gasteiger partial charge in [0.1, 0.15) is 0 Å². The van der Waals surface area contributed by atoms with Crippen LogP contribution >= 0.6 is 11.6 Å². The van der Waals surface area contributed by atoms with Crippen LogP contribution in [0, 0.1) is 12.3 Å². The van der Waals surface area contributed by atoms with Crippen LogP contribution in [0.3, 0.4) is 0 Å². The van der Waals surface area contributed by atoms with Crippen molar-refractivity contribution >= 4 is 17.6 Å². The molecule has 3 heteroatoms. The summed E-state index contributed by atoms with van der Waals surface area (Å²) < 4.78 is 4.68. The lowest BCUT2D eigenvalue weighted by atomic mass is 9.96. The molecule has 0 aliphatic rings. The van der Waals surface area contributed by atoms with E-state index in [1.807, 2.05) is 6.07 Å². The Morgan fingerprint density at radius 3 is 2.93 bits per heavy atom. The first-order chi connectivity index (χ1) is 7.19. The number of rotatable bonds is 3. The highest BCUT2D eigenvalue weighted by atomic mass is 35.5. The van der Waals surface area contributed by atoms with Crippen molar-refractivity contribution < 1.29 is 9.53 Å². The molecule has 0 radical (unpaired) electrons. The van der Waals surface area contributed by atoms with E-state index in [4.69, 9.17) is 18.0 Å². The van der Waals surface area contributed by atoms with Gasteiger partial charge < -0.3 is 4.74 Å². The largest absolute Gasteiger partial charge is 0.469 e. The Labute approximate surface area is 94.2 Å². The molecule has 15 heavy (non-hydrogen) atoms. The summed E-state index contributed by atoms with van der Waals surface area (Å²) in [7, 11) is 1.34. The summed E-state index contributed by atoms with van der Waals surface area (Å²) in [4.78, 5) is 11.5. The first kappa shape index (κ1) is 11.6. The summed E-state index contributed by atoms with van der Waals surface area (Å²) in [6.45, 7) is 0. The van der Waals surface area contributed by atoms with E-state index in [-0.39, 0.29) is 5.97 Å².